The number of hydrogen-bond donors (Lipinski definition) is 0. The van der Waals surface area contributed by atoms with E-state index in [1.807, 2.05) is 72.8 Å². The minimum atomic E-state index is -0.825. The van der Waals surface area contributed by atoms with Crippen LogP contribution >= 0.6 is 0 Å². The fraction of sp³-hybridized carbons (Fsp3) is 0.0833. The van der Waals surface area contributed by atoms with Crippen LogP contribution in [0.15, 0.2) is 78.9 Å². The average molecular weight is 352 g/mol. The van der Waals surface area contributed by atoms with Gasteiger partial charge in [-0.3, -0.25) is 9.59 Å². The lowest BCUT2D eigenvalue weighted by atomic mass is 9.85. The van der Waals surface area contributed by atoms with Crippen LogP contribution in [-0.4, -0.2) is 11.8 Å². The molecule has 3 nitrogen and oxygen atoms in total. The summed E-state index contributed by atoms with van der Waals surface area (Å²) in [5, 5.41) is 3.95. The Bertz CT molecular complexity index is 1220. The molecule has 1 aliphatic heterocycles. The predicted octanol–water partition coefficient (Wildman–Crippen LogP) is 4.95. The molecule has 0 N–H and O–H groups in total. The summed E-state index contributed by atoms with van der Waals surface area (Å²) in [5.74, 6) is -0.930. The minimum Gasteiger partial charge on any atom is -0.426 e. The molecule has 0 amide bonds. The molecule has 0 aromatic heterocycles. The van der Waals surface area contributed by atoms with E-state index in [1.165, 1.54) is 0 Å². The molecule has 1 atom stereocenters. The van der Waals surface area contributed by atoms with Crippen molar-refractivity contribution in [2.24, 2.45) is 5.92 Å². The Kier molecular flexibility index (Phi) is 3.54. The number of Topliss-reactive ketones (excluding diaryl/α,β-unsaturated/α-hetero) is 1. The summed E-state index contributed by atoms with van der Waals surface area (Å²) >= 11 is 0. The molecular formula is C24H16O3. The molecule has 4 aromatic rings. The highest BCUT2D eigenvalue weighted by atomic mass is 16.5. The number of ether oxygens (including phenoxy) is 1. The lowest BCUT2D eigenvalue weighted by molar-refractivity contribution is -0.138. The quantitative estimate of drug-likeness (QED) is 0.222. The zero-order valence-corrected chi connectivity index (χ0v) is 14.5. The van der Waals surface area contributed by atoms with Crippen LogP contribution in [0.4, 0.5) is 0 Å². The zero-order valence-electron chi connectivity index (χ0n) is 14.5. The summed E-state index contributed by atoms with van der Waals surface area (Å²) in [6, 6.07) is 25.0. The summed E-state index contributed by atoms with van der Waals surface area (Å²) in [5.41, 5.74) is 1.49. The largest absolute Gasteiger partial charge is 0.426 e. The van der Waals surface area contributed by atoms with Gasteiger partial charge in [0.15, 0.2) is 5.78 Å². The third-order valence-electron chi connectivity index (χ3n) is 5.27. The smallest absolute Gasteiger partial charge is 0.322 e. The van der Waals surface area contributed by atoms with E-state index in [0.717, 1.165) is 27.1 Å². The van der Waals surface area contributed by atoms with E-state index in [2.05, 4.69) is 0 Å². The Morgan fingerprint density at radius 2 is 1.44 bits per heavy atom. The maximum Gasteiger partial charge on any atom is 0.322 e. The predicted molar refractivity (Wildman–Crippen MR) is 105 cm³/mol. The molecule has 0 spiro atoms. The number of carbonyl (C=O) groups is 2. The van der Waals surface area contributed by atoms with Gasteiger partial charge < -0.3 is 4.74 Å². The fourth-order valence-electron chi connectivity index (χ4n) is 3.92. The lowest BCUT2D eigenvalue weighted by Crippen LogP contribution is -2.34. The van der Waals surface area contributed by atoms with Crippen molar-refractivity contribution in [2.75, 3.05) is 0 Å². The van der Waals surface area contributed by atoms with E-state index < -0.39 is 11.9 Å². The first-order valence-electron chi connectivity index (χ1n) is 8.97. The second-order valence-electron chi connectivity index (χ2n) is 6.83. The highest BCUT2D eigenvalue weighted by Crippen LogP contribution is 2.36. The molecule has 0 saturated heterocycles. The molecule has 1 heterocycles. The lowest BCUT2D eigenvalue weighted by Gasteiger charge is -2.24. The van der Waals surface area contributed by atoms with Gasteiger partial charge in [-0.1, -0.05) is 72.8 Å². The maximum absolute atomic E-state index is 13.3. The van der Waals surface area contributed by atoms with Gasteiger partial charge >= 0.3 is 5.97 Å². The average Bonchev–Trinajstić information content (AvgIpc) is 2.72. The van der Waals surface area contributed by atoms with E-state index in [0.29, 0.717) is 17.7 Å². The summed E-state index contributed by atoms with van der Waals surface area (Å²) in [4.78, 5) is 25.9. The minimum absolute atomic E-state index is 0.185. The SMILES string of the molecule is O=C1Oc2ccc3ccccc3c2CC1C(=O)c1cccc2ccccc12. The highest BCUT2D eigenvalue weighted by molar-refractivity contribution is 6.16. The Labute approximate surface area is 156 Å². The molecule has 3 heteroatoms. The highest BCUT2D eigenvalue weighted by Gasteiger charge is 2.36. The van der Waals surface area contributed by atoms with E-state index in [4.69, 9.17) is 4.74 Å². The van der Waals surface area contributed by atoms with E-state index in [9.17, 15) is 9.59 Å². The van der Waals surface area contributed by atoms with Gasteiger partial charge in [-0.15, -0.1) is 0 Å². The van der Waals surface area contributed by atoms with Crippen LogP contribution < -0.4 is 4.74 Å². The van der Waals surface area contributed by atoms with Gasteiger partial charge in [0.05, 0.1) is 0 Å². The summed E-state index contributed by atoms with van der Waals surface area (Å²) in [6.07, 6.45) is 0.359. The number of hydrogen-bond acceptors (Lipinski definition) is 3. The van der Waals surface area contributed by atoms with Crippen molar-refractivity contribution in [1.82, 2.24) is 0 Å². The van der Waals surface area contributed by atoms with Gasteiger partial charge in [-0.25, -0.2) is 0 Å². The molecule has 1 aliphatic rings. The number of benzene rings is 4. The Morgan fingerprint density at radius 1 is 0.778 bits per heavy atom. The summed E-state index contributed by atoms with van der Waals surface area (Å²) in [7, 11) is 0. The van der Waals surface area contributed by atoms with Crippen molar-refractivity contribution in [2.45, 2.75) is 6.42 Å². The van der Waals surface area contributed by atoms with Crippen molar-refractivity contribution in [1.29, 1.82) is 0 Å². The molecule has 27 heavy (non-hydrogen) atoms. The van der Waals surface area contributed by atoms with Crippen LogP contribution in [0.3, 0.4) is 0 Å². The number of esters is 1. The van der Waals surface area contributed by atoms with Crippen LogP contribution in [0.25, 0.3) is 21.5 Å². The third-order valence-corrected chi connectivity index (χ3v) is 5.27. The topological polar surface area (TPSA) is 43.4 Å². The van der Waals surface area contributed by atoms with Gasteiger partial charge in [-0.2, -0.15) is 0 Å². The molecule has 130 valence electrons. The normalized spacial score (nSPS) is 16.1. The summed E-state index contributed by atoms with van der Waals surface area (Å²) in [6.45, 7) is 0. The van der Waals surface area contributed by atoms with Crippen molar-refractivity contribution >= 4 is 33.3 Å². The number of ketones is 1. The van der Waals surface area contributed by atoms with E-state index in [-0.39, 0.29) is 5.78 Å². The number of rotatable bonds is 2. The van der Waals surface area contributed by atoms with Crippen molar-refractivity contribution in [3.8, 4) is 5.75 Å². The van der Waals surface area contributed by atoms with Gasteiger partial charge in [0, 0.05) is 11.1 Å². The number of fused-ring (bicyclic) bond motifs is 4. The first kappa shape index (κ1) is 15.8. The molecular weight excluding hydrogens is 336 g/mol. The van der Waals surface area contributed by atoms with Crippen molar-refractivity contribution in [3.63, 3.8) is 0 Å². The van der Waals surface area contributed by atoms with E-state index >= 15 is 0 Å². The second kappa shape index (κ2) is 6.06. The first-order chi connectivity index (χ1) is 13.2. The van der Waals surface area contributed by atoms with Crippen LogP contribution in [0.5, 0.6) is 5.75 Å². The second-order valence-corrected chi connectivity index (χ2v) is 6.83. The maximum atomic E-state index is 13.3. The van der Waals surface area contributed by atoms with Crippen molar-refractivity contribution in [3.05, 3.63) is 90.0 Å². The van der Waals surface area contributed by atoms with E-state index in [1.54, 1.807) is 6.07 Å². The Hall–Kier alpha value is -3.46. The molecule has 0 radical (unpaired) electrons. The van der Waals surface area contributed by atoms with Gasteiger partial charge in [0.1, 0.15) is 11.7 Å². The molecule has 1 unspecified atom stereocenters. The molecule has 4 aromatic carbocycles. The Balaban J connectivity index is 1.61. The van der Waals surface area contributed by atoms with Crippen LogP contribution in [0.2, 0.25) is 0 Å². The van der Waals surface area contributed by atoms with Crippen LogP contribution in [-0.2, 0) is 11.2 Å². The first-order valence-corrected chi connectivity index (χ1v) is 8.97. The molecule has 0 bridgehead atoms. The van der Waals surface area contributed by atoms with Crippen LogP contribution in [0, 0.1) is 5.92 Å². The van der Waals surface area contributed by atoms with Gasteiger partial charge in [-0.05, 0) is 34.0 Å². The summed E-state index contributed by atoms with van der Waals surface area (Å²) < 4.78 is 5.55. The zero-order chi connectivity index (χ0) is 18.4. The Morgan fingerprint density at radius 3 is 2.26 bits per heavy atom. The monoisotopic (exact) mass is 352 g/mol. The molecule has 5 rings (SSSR count). The molecule has 0 aliphatic carbocycles. The van der Waals surface area contributed by atoms with Gasteiger partial charge in [0.2, 0.25) is 0 Å². The standard InChI is InChI=1S/C24H16O3/c25-23(19-11-5-8-15-6-1-3-9-17(15)19)21-14-20-18-10-4-2-7-16(18)12-13-22(20)27-24(21)26/h1-13,21H,14H2. The molecule has 0 saturated carbocycles. The fourth-order valence-corrected chi connectivity index (χ4v) is 3.92. The molecule has 0 fully saturated rings. The van der Waals surface area contributed by atoms with Crippen molar-refractivity contribution < 1.29 is 14.3 Å². The number of carbonyl (C=O) groups excluding carboxylic acids is 2. The van der Waals surface area contributed by atoms with Gasteiger partial charge in [0.25, 0.3) is 0 Å². The van der Waals surface area contributed by atoms with Crippen LogP contribution in [0.1, 0.15) is 15.9 Å². The third kappa shape index (κ3) is 2.51.